The molecule has 1 aromatic carbocycles. The maximum Gasteiger partial charge on any atom is 0.196 e. The van der Waals surface area contributed by atoms with Gasteiger partial charge in [-0.2, -0.15) is 4.36 Å². The average Bonchev–Trinajstić information content (AvgIpc) is 2.26. The lowest BCUT2D eigenvalue weighted by Crippen LogP contribution is -2.14. The molecular weight excluding hydrogens is 250 g/mol. The zero-order valence-corrected chi connectivity index (χ0v) is 11.7. The van der Waals surface area contributed by atoms with Crippen molar-refractivity contribution in [3.63, 3.8) is 0 Å². The molecule has 18 heavy (non-hydrogen) atoms. The van der Waals surface area contributed by atoms with Crippen LogP contribution in [-0.4, -0.2) is 15.9 Å². The molecule has 0 fully saturated rings. The van der Waals surface area contributed by atoms with Crippen molar-refractivity contribution in [1.82, 2.24) is 0 Å². The van der Waals surface area contributed by atoms with Crippen LogP contribution in [0.25, 0.3) is 6.08 Å². The van der Waals surface area contributed by atoms with Crippen molar-refractivity contribution in [3.05, 3.63) is 29.5 Å². The summed E-state index contributed by atoms with van der Waals surface area (Å²) in [4.78, 5) is 0.344. The Bertz CT molecular complexity index is 632. The van der Waals surface area contributed by atoms with Crippen molar-refractivity contribution in [2.24, 2.45) is 9.78 Å². The highest BCUT2D eigenvalue weighted by Crippen LogP contribution is 2.36. The van der Waals surface area contributed by atoms with Gasteiger partial charge in [0.1, 0.15) is 5.75 Å². The van der Waals surface area contributed by atoms with E-state index in [-0.39, 0.29) is 5.41 Å². The molecule has 0 aliphatic carbocycles. The monoisotopic (exact) mass is 267 g/mol. The molecule has 1 aromatic rings. The van der Waals surface area contributed by atoms with E-state index >= 15 is 0 Å². The Morgan fingerprint density at radius 1 is 1.33 bits per heavy atom. The summed E-state index contributed by atoms with van der Waals surface area (Å²) in [5.74, 6) is 0.662. The van der Waals surface area contributed by atoms with E-state index in [0.717, 1.165) is 0 Å². The highest BCUT2D eigenvalue weighted by molar-refractivity contribution is 7.88. The summed E-state index contributed by atoms with van der Waals surface area (Å²) in [5, 5.41) is 0. The third-order valence-corrected chi connectivity index (χ3v) is 4.18. The Morgan fingerprint density at radius 2 is 2.00 bits per heavy atom. The van der Waals surface area contributed by atoms with Crippen LogP contribution in [0, 0.1) is 5.41 Å². The molecule has 2 rings (SSSR count). The Hall–Kier alpha value is -1.33. The molecule has 0 radical (unpaired) electrons. The van der Waals surface area contributed by atoms with Gasteiger partial charge in [-0.15, -0.1) is 0 Å². The molecule has 1 N–H and O–H groups in total. The molecule has 5 heteroatoms. The van der Waals surface area contributed by atoms with Gasteiger partial charge in [0.05, 0.1) is 17.7 Å². The normalized spacial score (nSPS) is 22.8. The fourth-order valence-corrected chi connectivity index (χ4v) is 3.08. The Morgan fingerprint density at radius 3 is 2.56 bits per heavy atom. The number of rotatable bonds is 1. The number of nitrogens with zero attached hydrogens (tertiary/aromatic N) is 1. The number of benzene rings is 1. The first-order chi connectivity index (χ1) is 8.24. The van der Waals surface area contributed by atoms with Gasteiger partial charge in [-0.1, -0.05) is 20.8 Å². The zero-order chi connectivity index (χ0) is 13.6. The molecule has 1 aliphatic heterocycles. The molecule has 1 aliphatic rings. The van der Waals surface area contributed by atoms with Crippen LogP contribution in [0.4, 0.5) is 0 Å². The third-order valence-electron chi connectivity index (χ3n) is 2.79. The number of ether oxygens (including phenoxy) is 1. The van der Waals surface area contributed by atoms with Crippen molar-refractivity contribution in [2.75, 3.05) is 7.11 Å². The molecule has 98 valence electrons. The molecule has 0 amide bonds. The maximum absolute atomic E-state index is 12.2. The van der Waals surface area contributed by atoms with Gasteiger partial charge < -0.3 is 4.74 Å². The second kappa shape index (κ2) is 4.10. The molecular formula is C13H17NO3S. The summed E-state index contributed by atoms with van der Waals surface area (Å²) in [6, 6.07) is 5.02. The smallest absolute Gasteiger partial charge is 0.196 e. The second-order valence-electron chi connectivity index (χ2n) is 5.27. The quantitative estimate of drug-likeness (QED) is 0.848. The van der Waals surface area contributed by atoms with Crippen LogP contribution in [0.3, 0.4) is 0 Å². The zero-order valence-electron chi connectivity index (χ0n) is 10.9. The van der Waals surface area contributed by atoms with Crippen LogP contribution in [0.15, 0.2) is 33.2 Å². The number of fused-ring (bicyclic) bond motifs is 1. The lowest BCUT2D eigenvalue weighted by molar-refractivity contribution is 0.414. The third kappa shape index (κ3) is 2.28. The van der Waals surface area contributed by atoms with Crippen molar-refractivity contribution >= 4 is 16.1 Å². The minimum atomic E-state index is -3.35. The van der Waals surface area contributed by atoms with Gasteiger partial charge in [0.2, 0.25) is 0 Å². The topological polar surface area (TPSA) is 58.9 Å². The van der Waals surface area contributed by atoms with Gasteiger partial charge in [0, 0.05) is 5.41 Å². The van der Waals surface area contributed by atoms with Crippen molar-refractivity contribution < 1.29 is 13.5 Å². The highest BCUT2D eigenvalue weighted by atomic mass is 32.2. The SMILES string of the molecule is COc1ccc2c(c1)C=C(C(C)(C)C)N=S2(=O)O. The van der Waals surface area contributed by atoms with Crippen molar-refractivity contribution in [1.29, 1.82) is 0 Å². The summed E-state index contributed by atoms with van der Waals surface area (Å²) in [6.07, 6.45) is 1.84. The van der Waals surface area contributed by atoms with E-state index in [1.807, 2.05) is 26.8 Å². The van der Waals surface area contributed by atoms with Crippen LogP contribution in [0.1, 0.15) is 26.3 Å². The largest absolute Gasteiger partial charge is 0.497 e. The molecule has 0 spiro atoms. The molecule has 0 saturated heterocycles. The van der Waals surface area contributed by atoms with Gasteiger partial charge in [0.15, 0.2) is 10.0 Å². The van der Waals surface area contributed by atoms with Gasteiger partial charge in [-0.05, 0) is 29.8 Å². The lowest BCUT2D eigenvalue weighted by Gasteiger charge is -2.23. The van der Waals surface area contributed by atoms with E-state index in [9.17, 15) is 8.76 Å². The fourth-order valence-electron chi connectivity index (χ4n) is 1.72. The number of methoxy groups -OCH3 is 1. The van der Waals surface area contributed by atoms with Gasteiger partial charge >= 0.3 is 0 Å². The first-order valence-corrected chi connectivity index (χ1v) is 7.11. The molecule has 1 heterocycles. The average molecular weight is 267 g/mol. The number of allylic oxidation sites excluding steroid dienone is 1. The summed E-state index contributed by atoms with van der Waals surface area (Å²) >= 11 is 0. The van der Waals surface area contributed by atoms with Gasteiger partial charge in [0.25, 0.3) is 0 Å². The Labute approximate surface area is 108 Å². The van der Waals surface area contributed by atoms with Crippen LogP contribution >= 0.6 is 0 Å². The number of hydrogen-bond acceptors (Lipinski definition) is 3. The number of hydrogen-bond donors (Lipinski definition) is 1. The van der Waals surface area contributed by atoms with Crippen LogP contribution in [0.5, 0.6) is 5.75 Å². The van der Waals surface area contributed by atoms with E-state index in [1.165, 1.54) is 0 Å². The van der Waals surface area contributed by atoms with E-state index in [2.05, 4.69) is 4.36 Å². The van der Waals surface area contributed by atoms with E-state index in [0.29, 0.717) is 21.9 Å². The maximum atomic E-state index is 12.2. The Kier molecular flexibility index (Phi) is 2.99. The lowest BCUT2D eigenvalue weighted by atomic mass is 9.91. The summed E-state index contributed by atoms with van der Waals surface area (Å²) < 4.78 is 31.3. The van der Waals surface area contributed by atoms with Gasteiger partial charge in [-0.25, -0.2) is 4.21 Å². The molecule has 1 unspecified atom stereocenters. The molecule has 0 saturated carbocycles. The van der Waals surface area contributed by atoms with Crippen LogP contribution < -0.4 is 4.74 Å². The van der Waals surface area contributed by atoms with Crippen LogP contribution in [0.2, 0.25) is 0 Å². The van der Waals surface area contributed by atoms with Crippen LogP contribution in [-0.2, 0) is 10.0 Å². The first-order valence-electron chi connectivity index (χ1n) is 5.64. The standard InChI is InChI=1S/C13H17NO3S/c1-13(2,3)12-8-9-7-10(17-4)5-6-11(9)18(15,16)14-12/h5-8H,1-4H3,(H,14,15,16). The highest BCUT2D eigenvalue weighted by Gasteiger charge is 2.26. The van der Waals surface area contributed by atoms with Gasteiger partial charge in [-0.3, -0.25) is 4.55 Å². The van der Waals surface area contributed by atoms with Crippen molar-refractivity contribution in [3.8, 4) is 5.75 Å². The van der Waals surface area contributed by atoms with E-state index in [4.69, 9.17) is 4.74 Å². The van der Waals surface area contributed by atoms with E-state index < -0.39 is 10.0 Å². The Balaban J connectivity index is 2.70. The summed E-state index contributed by atoms with van der Waals surface area (Å²) in [7, 11) is -1.78. The predicted octanol–water partition coefficient (Wildman–Crippen LogP) is 3.40. The summed E-state index contributed by atoms with van der Waals surface area (Å²) in [5.41, 5.74) is 1.05. The first kappa shape index (κ1) is 13.1. The van der Waals surface area contributed by atoms with E-state index in [1.54, 1.807) is 25.3 Å². The fraction of sp³-hybridized carbons (Fsp3) is 0.385. The summed E-state index contributed by atoms with van der Waals surface area (Å²) in [6.45, 7) is 5.88. The minimum absolute atomic E-state index is 0.272. The minimum Gasteiger partial charge on any atom is -0.497 e. The molecule has 1 atom stereocenters. The molecule has 0 bridgehead atoms. The van der Waals surface area contributed by atoms with Crippen molar-refractivity contribution in [2.45, 2.75) is 25.7 Å². The predicted molar refractivity (Wildman–Crippen MR) is 71.9 cm³/mol. The second-order valence-corrected chi connectivity index (χ2v) is 6.89. The molecule has 0 aromatic heterocycles. The molecule has 4 nitrogen and oxygen atoms in total.